The van der Waals surface area contributed by atoms with Crippen LogP contribution in [-0.2, 0) is 0 Å². The van der Waals surface area contributed by atoms with Crippen LogP contribution in [0.25, 0.3) is 0 Å². The number of aromatic nitrogens is 2. The summed E-state index contributed by atoms with van der Waals surface area (Å²) in [7, 11) is 0. The molecule has 5 heteroatoms. The largest absolute Gasteiger partial charge is 0.489 e. The van der Waals surface area contributed by atoms with E-state index in [0.717, 1.165) is 32.5 Å². The van der Waals surface area contributed by atoms with Crippen LogP contribution in [-0.4, -0.2) is 41.3 Å². The van der Waals surface area contributed by atoms with Gasteiger partial charge in [-0.1, -0.05) is 12.1 Å². The Morgan fingerprint density at radius 2 is 2.10 bits per heavy atom. The molecule has 1 aliphatic rings. The molecule has 0 bridgehead atoms. The van der Waals surface area contributed by atoms with Crippen molar-refractivity contribution in [2.45, 2.75) is 18.8 Å². The van der Waals surface area contributed by atoms with E-state index in [1.807, 2.05) is 12.4 Å². The zero-order valence-corrected chi connectivity index (χ0v) is 12.0. The highest BCUT2D eigenvalue weighted by Gasteiger charge is 2.20. The van der Waals surface area contributed by atoms with Gasteiger partial charge in [-0.25, -0.2) is 4.39 Å². The summed E-state index contributed by atoms with van der Waals surface area (Å²) in [6.07, 6.45) is 6.18. The zero-order chi connectivity index (χ0) is 14.5. The Kier molecular flexibility index (Phi) is 4.50. The number of likely N-dealkylation sites (tertiary alicyclic amines) is 1. The summed E-state index contributed by atoms with van der Waals surface area (Å²) < 4.78 is 18.9. The third-order valence-corrected chi connectivity index (χ3v) is 4.08. The minimum absolute atomic E-state index is 0.295. The van der Waals surface area contributed by atoms with Crippen molar-refractivity contribution in [3.63, 3.8) is 0 Å². The molecule has 4 nitrogen and oxygen atoms in total. The molecular weight excluding hydrogens is 269 g/mol. The Hall–Kier alpha value is -1.88. The summed E-state index contributed by atoms with van der Waals surface area (Å²) in [5.41, 5.74) is 1.30. The number of hydrogen-bond donors (Lipinski definition) is 1. The first-order valence-electron chi connectivity index (χ1n) is 7.41. The number of nitrogens with one attached hydrogen (secondary N) is 1. The van der Waals surface area contributed by atoms with Crippen molar-refractivity contribution in [3.8, 4) is 5.75 Å². The third-order valence-electron chi connectivity index (χ3n) is 4.08. The number of benzene rings is 1. The van der Waals surface area contributed by atoms with Gasteiger partial charge in [-0.3, -0.25) is 10.00 Å². The average molecular weight is 289 g/mol. The summed E-state index contributed by atoms with van der Waals surface area (Å²) in [6, 6.07) is 6.55. The second-order valence-electron chi connectivity index (χ2n) is 5.43. The maximum absolute atomic E-state index is 13.4. The molecule has 0 spiro atoms. The molecule has 0 aliphatic carbocycles. The molecule has 0 amide bonds. The van der Waals surface area contributed by atoms with Crippen LogP contribution in [0.1, 0.15) is 24.3 Å². The van der Waals surface area contributed by atoms with E-state index in [1.165, 1.54) is 11.6 Å². The summed E-state index contributed by atoms with van der Waals surface area (Å²) >= 11 is 0. The number of H-pyrrole nitrogens is 1. The number of hydrogen-bond acceptors (Lipinski definition) is 3. The molecule has 0 atom stereocenters. The van der Waals surface area contributed by atoms with Gasteiger partial charge < -0.3 is 4.74 Å². The SMILES string of the molecule is Fc1ccccc1OCCN1CCC(c2cn[nH]c2)CC1. The molecule has 2 heterocycles. The molecule has 112 valence electrons. The molecule has 1 aliphatic heterocycles. The predicted octanol–water partition coefficient (Wildman–Crippen LogP) is 2.81. The number of halogens is 1. The van der Waals surface area contributed by atoms with E-state index >= 15 is 0 Å². The lowest BCUT2D eigenvalue weighted by Gasteiger charge is -2.31. The van der Waals surface area contributed by atoms with Crippen LogP contribution < -0.4 is 4.74 Å². The van der Waals surface area contributed by atoms with Crippen molar-refractivity contribution in [2.24, 2.45) is 0 Å². The second-order valence-corrected chi connectivity index (χ2v) is 5.43. The molecule has 0 radical (unpaired) electrons. The van der Waals surface area contributed by atoms with Crippen LogP contribution in [0.2, 0.25) is 0 Å². The number of aromatic amines is 1. The van der Waals surface area contributed by atoms with Crippen molar-refractivity contribution in [1.29, 1.82) is 0 Å². The average Bonchev–Trinajstić information content (AvgIpc) is 3.04. The molecule has 1 N–H and O–H groups in total. The molecule has 0 saturated carbocycles. The molecule has 1 saturated heterocycles. The van der Waals surface area contributed by atoms with Gasteiger partial charge in [0.05, 0.1) is 6.20 Å². The Balaban J connectivity index is 1.41. The van der Waals surface area contributed by atoms with Gasteiger partial charge in [-0.05, 0) is 49.5 Å². The Labute approximate surface area is 123 Å². The van der Waals surface area contributed by atoms with Crippen molar-refractivity contribution >= 4 is 0 Å². The molecule has 1 aromatic heterocycles. The molecule has 1 aromatic carbocycles. The van der Waals surface area contributed by atoms with Crippen LogP contribution in [0, 0.1) is 5.82 Å². The maximum atomic E-state index is 13.4. The summed E-state index contributed by atoms with van der Waals surface area (Å²) in [5.74, 6) is 0.648. The predicted molar refractivity (Wildman–Crippen MR) is 78.9 cm³/mol. The quantitative estimate of drug-likeness (QED) is 0.920. The molecule has 21 heavy (non-hydrogen) atoms. The van der Waals surface area contributed by atoms with Crippen LogP contribution in [0.15, 0.2) is 36.7 Å². The van der Waals surface area contributed by atoms with E-state index in [9.17, 15) is 4.39 Å². The van der Waals surface area contributed by atoms with Gasteiger partial charge in [0.25, 0.3) is 0 Å². The summed E-state index contributed by atoms with van der Waals surface area (Å²) in [4.78, 5) is 2.37. The normalized spacial score (nSPS) is 17.0. The van der Waals surface area contributed by atoms with Gasteiger partial charge in [0.15, 0.2) is 11.6 Å². The number of rotatable bonds is 5. The summed E-state index contributed by atoms with van der Waals surface area (Å²) in [5, 5.41) is 6.89. The number of piperidine rings is 1. The third kappa shape index (κ3) is 3.61. The lowest BCUT2D eigenvalue weighted by molar-refractivity contribution is 0.171. The first kappa shape index (κ1) is 14.1. The number of nitrogens with zero attached hydrogens (tertiary/aromatic N) is 2. The zero-order valence-electron chi connectivity index (χ0n) is 12.0. The van der Waals surface area contributed by atoms with E-state index < -0.39 is 0 Å². The molecule has 0 unspecified atom stereocenters. The van der Waals surface area contributed by atoms with Crippen molar-refractivity contribution in [1.82, 2.24) is 15.1 Å². The second kappa shape index (κ2) is 6.72. The first-order valence-corrected chi connectivity index (χ1v) is 7.41. The van der Waals surface area contributed by atoms with Crippen LogP contribution in [0.3, 0.4) is 0 Å². The lowest BCUT2D eigenvalue weighted by Crippen LogP contribution is -2.35. The topological polar surface area (TPSA) is 41.1 Å². The Morgan fingerprint density at radius 3 is 2.81 bits per heavy atom. The maximum Gasteiger partial charge on any atom is 0.165 e. The van der Waals surface area contributed by atoms with E-state index in [2.05, 4.69) is 15.1 Å². The van der Waals surface area contributed by atoms with Gasteiger partial charge in [0, 0.05) is 12.7 Å². The highest BCUT2D eigenvalue weighted by molar-refractivity contribution is 5.23. The van der Waals surface area contributed by atoms with Crippen LogP contribution in [0.4, 0.5) is 4.39 Å². The van der Waals surface area contributed by atoms with Crippen molar-refractivity contribution in [3.05, 3.63) is 48.0 Å². The number of para-hydroxylation sites is 1. The van der Waals surface area contributed by atoms with Gasteiger partial charge in [0.2, 0.25) is 0 Å². The monoisotopic (exact) mass is 289 g/mol. The minimum atomic E-state index is -0.295. The van der Waals surface area contributed by atoms with E-state index in [0.29, 0.717) is 18.3 Å². The Bertz CT molecular complexity index is 550. The fraction of sp³-hybridized carbons (Fsp3) is 0.438. The molecule has 3 rings (SSSR count). The van der Waals surface area contributed by atoms with E-state index in [1.54, 1.807) is 18.2 Å². The lowest BCUT2D eigenvalue weighted by atomic mass is 9.92. The highest BCUT2D eigenvalue weighted by Crippen LogP contribution is 2.26. The van der Waals surface area contributed by atoms with E-state index in [-0.39, 0.29) is 5.82 Å². The van der Waals surface area contributed by atoms with Gasteiger partial charge >= 0.3 is 0 Å². The summed E-state index contributed by atoms with van der Waals surface area (Å²) in [6.45, 7) is 3.47. The van der Waals surface area contributed by atoms with Gasteiger partial charge in [0.1, 0.15) is 6.61 Å². The smallest absolute Gasteiger partial charge is 0.165 e. The molecule has 1 fully saturated rings. The standard InChI is InChI=1S/C16H20FN3O/c17-15-3-1-2-4-16(15)21-10-9-20-7-5-13(6-8-20)14-11-18-19-12-14/h1-4,11-13H,5-10H2,(H,18,19). The van der Waals surface area contributed by atoms with E-state index in [4.69, 9.17) is 4.74 Å². The first-order chi connectivity index (χ1) is 10.3. The fourth-order valence-electron chi connectivity index (χ4n) is 2.82. The van der Waals surface area contributed by atoms with Crippen LogP contribution >= 0.6 is 0 Å². The highest BCUT2D eigenvalue weighted by atomic mass is 19.1. The van der Waals surface area contributed by atoms with Crippen molar-refractivity contribution in [2.75, 3.05) is 26.2 Å². The van der Waals surface area contributed by atoms with Gasteiger partial charge in [-0.15, -0.1) is 0 Å². The Morgan fingerprint density at radius 1 is 1.29 bits per heavy atom. The minimum Gasteiger partial charge on any atom is -0.489 e. The van der Waals surface area contributed by atoms with Crippen LogP contribution in [0.5, 0.6) is 5.75 Å². The molecular formula is C16H20FN3O. The molecule has 2 aromatic rings. The van der Waals surface area contributed by atoms with Gasteiger partial charge in [-0.2, -0.15) is 5.10 Å². The fourth-order valence-corrected chi connectivity index (χ4v) is 2.82. The number of ether oxygens (including phenoxy) is 1. The van der Waals surface area contributed by atoms with Crippen molar-refractivity contribution < 1.29 is 9.13 Å².